The van der Waals surface area contributed by atoms with Gasteiger partial charge in [-0.3, -0.25) is 19.8 Å². The van der Waals surface area contributed by atoms with Crippen LogP contribution in [0.3, 0.4) is 0 Å². The van der Waals surface area contributed by atoms with Gasteiger partial charge >= 0.3 is 5.00 Å². The van der Waals surface area contributed by atoms with E-state index in [9.17, 15) is 14.9 Å². The van der Waals surface area contributed by atoms with Gasteiger partial charge in [-0.05, 0) is 11.3 Å². The van der Waals surface area contributed by atoms with Crippen molar-refractivity contribution in [2.24, 2.45) is 0 Å². The lowest BCUT2D eigenvalue weighted by molar-refractivity contribution is -0.380. The molecule has 2 rings (SSSR count). The predicted octanol–water partition coefficient (Wildman–Crippen LogP) is 0.322. The van der Waals surface area contributed by atoms with Gasteiger partial charge in [0.2, 0.25) is 5.91 Å². The highest BCUT2D eigenvalue weighted by molar-refractivity contribution is 7.18. The van der Waals surface area contributed by atoms with E-state index >= 15 is 0 Å². The summed E-state index contributed by atoms with van der Waals surface area (Å²) in [4.78, 5) is 27.3. The Bertz CT molecular complexity index is 444. The molecule has 98 valence electrons. The van der Waals surface area contributed by atoms with E-state index in [1.807, 2.05) is 4.90 Å². The van der Waals surface area contributed by atoms with Crippen molar-refractivity contribution < 1.29 is 14.5 Å². The normalized spacial score (nSPS) is 16.4. The molecular formula is C9H12N4O4S. The number of carbonyl (C=O) groups is 1. The first-order valence-corrected chi connectivity index (χ1v) is 6.17. The molecule has 1 aromatic rings. The fourth-order valence-corrected chi connectivity index (χ4v) is 2.18. The van der Waals surface area contributed by atoms with Crippen molar-refractivity contribution in [1.82, 2.24) is 9.88 Å². The van der Waals surface area contributed by atoms with Crippen LogP contribution in [0, 0.1) is 10.1 Å². The molecule has 1 aliphatic heterocycles. The summed E-state index contributed by atoms with van der Waals surface area (Å²) in [5.41, 5.74) is 0. The molecule has 0 unspecified atom stereocenters. The van der Waals surface area contributed by atoms with Crippen LogP contribution in [-0.4, -0.2) is 53.6 Å². The first-order valence-electron chi connectivity index (χ1n) is 5.35. The summed E-state index contributed by atoms with van der Waals surface area (Å²) in [7, 11) is 0. The van der Waals surface area contributed by atoms with E-state index in [1.165, 1.54) is 0 Å². The molecule has 1 aromatic heterocycles. The molecule has 2 heterocycles. The number of rotatable bonds is 4. The van der Waals surface area contributed by atoms with E-state index in [1.54, 1.807) is 0 Å². The van der Waals surface area contributed by atoms with Gasteiger partial charge in [0.1, 0.15) is 6.20 Å². The predicted molar refractivity (Wildman–Crippen MR) is 64.7 cm³/mol. The number of amides is 1. The average molecular weight is 272 g/mol. The van der Waals surface area contributed by atoms with Crippen molar-refractivity contribution in [2.45, 2.75) is 0 Å². The van der Waals surface area contributed by atoms with Gasteiger partial charge in [-0.2, -0.15) is 0 Å². The molecule has 8 nitrogen and oxygen atoms in total. The van der Waals surface area contributed by atoms with Gasteiger partial charge < -0.3 is 10.1 Å². The molecule has 1 saturated heterocycles. The van der Waals surface area contributed by atoms with E-state index < -0.39 is 4.92 Å². The molecule has 1 N–H and O–H groups in total. The summed E-state index contributed by atoms with van der Waals surface area (Å²) < 4.78 is 5.17. The number of nitrogens with zero attached hydrogens (tertiary/aromatic N) is 3. The van der Waals surface area contributed by atoms with E-state index in [0.717, 1.165) is 17.5 Å². The molecule has 0 aliphatic carbocycles. The van der Waals surface area contributed by atoms with Crippen LogP contribution >= 0.6 is 11.3 Å². The first-order chi connectivity index (χ1) is 8.65. The van der Waals surface area contributed by atoms with Crippen molar-refractivity contribution in [3.63, 3.8) is 0 Å². The number of thiazole rings is 1. The van der Waals surface area contributed by atoms with Gasteiger partial charge in [0.15, 0.2) is 5.13 Å². The summed E-state index contributed by atoms with van der Waals surface area (Å²) in [5, 5.41) is 13.2. The summed E-state index contributed by atoms with van der Waals surface area (Å²) in [6.45, 7) is 2.92. The van der Waals surface area contributed by atoms with E-state index in [0.29, 0.717) is 26.3 Å². The van der Waals surface area contributed by atoms with Gasteiger partial charge in [-0.15, -0.1) is 0 Å². The van der Waals surface area contributed by atoms with Crippen molar-refractivity contribution in [3.8, 4) is 0 Å². The first kappa shape index (κ1) is 12.9. The Kier molecular flexibility index (Phi) is 4.18. The Balaban J connectivity index is 1.84. The lowest BCUT2D eigenvalue weighted by Gasteiger charge is -2.25. The van der Waals surface area contributed by atoms with Gasteiger partial charge in [0.05, 0.1) is 24.7 Å². The largest absolute Gasteiger partial charge is 0.379 e. The molecule has 9 heteroatoms. The number of ether oxygens (including phenoxy) is 1. The van der Waals surface area contributed by atoms with Gasteiger partial charge in [-0.1, -0.05) is 0 Å². The Morgan fingerprint density at radius 2 is 2.33 bits per heavy atom. The molecule has 0 atom stereocenters. The zero-order valence-corrected chi connectivity index (χ0v) is 10.3. The lowest BCUT2D eigenvalue weighted by Crippen LogP contribution is -2.41. The fraction of sp³-hybridized carbons (Fsp3) is 0.556. The average Bonchev–Trinajstić information content (AvgIpc) is 2.78. The molecule has 0 radical (unpaired) electrons. The highest BCUT2D eigenvalue weighted by atomic mass is 32.1. The minimum absolute atomic E-state index is 0.0864. The standard InChI is InChI=1S/C9H12N4O4S/c14-7(6-12-1-3-17-4-2-12)11-9-10-5-8(18-9)13(15)16/h5H,1-4,6H2,(H,10,11,14). The number of morpholine rings is 1. The number of hydrogen-bond acceptors (Lipinski definition) is 7. The van der Waals surface area contributed by atoms with E-state index in [2.05, 4.69) is 10.3 Å². The molecule has 1 amide bonds. The SMILES string of the molecule is O=C(CN1CCOCC1)Nc1ncc([N+](=O)[O-])s1. The number of hydrogen-bond donors (Lipinski definition) is 1. The highest BCUT2D eigenvalue weighted by Crippen LogP contribution is 2.24. The monoisotopic (exact) mass is 272 g/mol. The zero-order chi connectivity index (χ0) is 13.0. The quantitative estimate of drug-likeness (QED) is 0.626. The van der Waals surface area contributed by atoms with Crippen molar-refractivity contribution in [1.29, 1.82) is 0 Å². The number of aromatic nitrogens is 1. The molecule has 0 spiro atoms. The van der Waals surface area contributed by atoms with Gasteiger partial charge in [0.25, 0.3) is 0 Å². The molecule has 18 heavy (non-hydrogen) atoms. The highest BCUT2D eigenvalue weighted by Gasteiger charge is 2.17. The smallest absolute Gasteiger partial charge is 0.345 e. The molecule has 0 aromatic carbocycles. The van der Waals surface area contributed by atoms with Crippen molar-refractivity contribution >= 4 is 27.4 Å². The molecule has 1 fully saturated rings. The molecule has 1 aliphatic rings. The van der Waals surface area contributed by atoms with E-state index in [-0.39, 0.29) is 22.6 Å². The third-order valence-electron chi connectivity index (χ3n) is 2.39. The van der Waals surface area contributed by atoms with Crippen LogP contribution in [0.2, 0.25) is 0 Å². The maximum Gasteiger partial charge on any atom is 0.345 e. The summed E-state index contributed by atoms with van der Waals surface area (Å²) in [6, 6.07) is 0. The van der Waals surface area contributed by atoms with Gasteiger partial charge in [-0.25, -0.2) is 4.98 Å². The Morgan fingerprint density at radius 1 is 1.61 bits per heavy atom. The topological polar surface area (TPSA) is 97.6 Å². The van der Waals surface area contributed by atoms with Crippen LogP contribution in [0.25, 0.3) is 0 Å². The molecular weight excluding hydrogens is 260 g/mol. The minimum atomic E-state index is -0.532. The zero-order valence-electron chi connectivity index (χ0n) is 9.50. The van der Waals surface area contributed by atoms with Crippen LogP contribution < -0.4 is 5.32 Å². The Hall–Kier alpha value is -1.58. The van der Waals surface area contributed by atoms with Crippen LogP contribution in [0.1, 0.15) is 0 Å². The summed E-state index contributed by atoms with van der Waals surface area (Å²) in [5.74, 6) is -0.221. The fourth-order valence-electron chi connectivity index (χ4n) is 1.53. The maximum absolute atomic E-state index is 11.7. The number of carbonyl (C=O) groups excluding carboxylic acids is 1. The second-order valence-corrected chi connectivity index (χ2v) is 4.71. The lowest BCUT2D eigenvalue weighted by atomic mass is 10.4. The van der Waals surface area contributed by atoms with Gasteiger partial charge in [0, 0.05) is 13.1 Å². The molecule has 0 bridgehead atoms. The second-order valence-electron chi connectivity index (χ2n) is 3.70. The molecule has 0 saturated carbocycles. The minimum Gasteiger partial charge on any atom is -0.379 e. The van der Waals surface area contributed by atoms with Crippen LogP contribution in [0.15, 0.2) is 6.20 Å². The maximum atomic E-state index is 11.7. The Morgan fingerprint density at radius 3 is 2.94 bits per heavy atom. The van der Waals surface area contributed by atoms with Crippen molar-refractivity contribution in [3.05, 3.63) is 16.3 Å². The van der Waals surface area contributed by atoms with Crippen LogP contribution in [0.5, 0.6) is 0 Å². The number of nitrogens with one attached hydrogen (secondary N) is 1. The number of anilines is 1. The summed E-state index contributed by atoms with van der Waals surface area (Å²) >= 11 is 0.846. The van der Waals surface area contributed by atoms with Crippen LogP contribution in [0.4, 0.5) is 10.1 Å². The second kappa shape index (κ2) is 5.85. The Labute approximate surface area is 107 Å². The van der Waals surface area contributed by atoms with E-state index in [4.69, 9.17) is 4.74 Å². The third kappa shape index (κ3) is 3.45. The summed E-state index contributed by atoms with van der Waals surface area (Å²) in [6.07, 6.45) is 1.13. The third-order valence-corrected chi connectivity index (χ3v) is 3.26. The van der Waals surface area contributed by atoms with Crippen molar-refractivity contribution in [2.75, 3.05) is 38.2 Å². The number of nitro groups is 1. The van der Waals surface area contributed by atoms with Crippen LogP contribution in [-0.2, 0) is 9.53 Å².